The first-order valence-electron chi connectivity index (χ1n) is 7.41. The molecule has 1 atom stereocenters. The molecule has 0 bridgehead atoms. The SMILES string of the molecule is COc1ccc2c(-c3ccc(CN(C)S(=O)[O-])cc3)ccnc2c1. The maximum Gasteiger partial charge on any atom is 0.121 e. The van der Waals surface area contributed by atoms with E-state index in [0.717, 1.165) is 33.3 Å². The Morgan fingerprint density at radius 2 is 1.92 bits per heavy atom. The highest BCUT2D eigenvalue weighted by molar-refractivity contribution is 7.76. The molecule has 0 spiro atoms. The minimum atomic E-state index is -2.21. The molecule has 0 saturated heterocycles. The van der Waals surface area contributed by atoms with Crippen LogP contribution in [0.15, 0.2) is 54.7 Å². The van der Waals surface area contributed by atoms with Crippen LogP contribution < -0.4 is 4.74 Å². The number of nitrogens with zero attached hydrogens (tertiary/aromatic N) is 2. The van der Waals surface area contributed by atoms with Gasteiger partial charge in [0, 0.05) is 35.5 Å². The predicted molar refractivity (Wildman–Crippen MR) is 94.1 cm³/mol. The molecule has 1 aromatic heterocycles. The number of hydrogen-bond acceptors (Lipinski definition) is 4. The number of methoxy groups -OCH3 is 1. The zero-order valence-electron chi connectivity index (χ0n) is 13.4. The van der Waals surface area contributed by atoms with Gasteiger partial charge in [-0.15, -0.1) is 0 Å². The third kappa shape index (κ3) is 3.46. The molecule has 0 N–H and O–H groups in total. The molecular formula is C18H17N2O3S-. The van der Waals surface area contributed by atoms with Gasteiger partial charge in [0.1, 0.15) is 5.75 Å². The number of rotatable bonds is 5. The number of benzene rings is 2. The van der Waals surface area contributed by atoms with Crippen molar-refractivity contribution in [3.63, 3.8) is 0 Å². The summed E-state index contributed by atoms with van der Waals surface area (Å²) < 4.78 is 28.3. The van der Waals surface area contributed by atoms with Gasteiger partial charge in [0.05, 0.1) is 12.6 Å². The van der Waals surface area contributed by atoms with Crippen molar-refractivity contribution in [3.8, 4) is 16.9 Å². The third-order valence-corrected chi connectivity index (χ3v) is 4.51. The second-order valence-electron chi connectivity index (χ2n) is 5.44. The van der Waals surface area contributed by atoms with E-state index in [1.165, 1.54) is 4.31 Å². The van der Waals surface area contributed by atoms with Crippen LogP contribution in [-0.2, 0) is 17.8 Å². The lowest BCUT2D eigenvalue weighted by molar-refractivity contribution is 0.415. The van der Waals surface area contributed by atoms with Crippen molar-refractivity contribution in [1.29, 1.82) is 0 Å². The zero-order chi connectivity index (χ0) is 17.1. The number of aromatic nitrogens is 1. The van der Waals surface area contributed by atoms with Crippen LogP contribution in [0.25, 0.3) is 22.0 Å². The molecular weight excluding hydrogens is 324 g/mol. The van der Waals surface area contributed by atoms with Crippen molar-refractivity contribution in [2.45, 2.75) is 6.54 Å². The van der Waals surface area contributed by atoms with E-state index in [1.54, 1.807) is 20.4 Å². The highest BCUT2D eigenvalue weighted by atomic mass is 32.2. The summed E-state index contributed by atoms with van der Waals surface area (Å²) in [7, 11) is 3.18. The van der Waals surface area contributed by atoms with Crippen molar-refractivity contribution < 1.29 is 13.5 Å². The van der Waals surface area contributed by atoms with E-state index in [9.17, 15) is 8.76 Å². The van der Waals surface area contributed by atoms with Gasteiger partial charge in [-0.3, -0.25) is 9.19 Å². The molecule has 24 heavy (non-hydrogen) atoms. The van der Waals surface area contributed by atoms with E-state index < -0.39 is 11.3 Å². The average molecular weight is 341 g/mol. The first-order valence-corrected chi connectivity index (χ1v) is 8.44. The molecule has 0 aliphatic rings. The van der Waals surface area contributed by atoms with Gasteiger partial charge in [0.15, 0.2) is 0 Å². The van der Waals surface area contributed by atoms with Crippen LogP contribution in [0.1, 0.15) is 5.56 Å². The normalized spacial score (nSPS) is 12.5. The summed E-state index contributed by atoms with van der Waals surface area (Å²) >= 11 is -2.21. The topological polar surface area (TPSA) is 65.5 Å². The lowest BCUT2D eigenvalue weighted by Gasteiger charge is -2.18. The first kappa shape index (κ1) is 16.6. The van der Waals surface area contributed by atoms with Crippen molar-refractivity contribution in [2.75, 3.05) is 14.2 Å². The predicted octanol–water partition coefficient (Wildman–Crippen LogP) is 3.14. The molecule has 124 valence electrons. The van der Waals surface area contributed by atoms with Crippen LogP contribution in [0.5, 0.6) is 5.75 Å². The summed E-state index contributed by atoms with van der Waals surface area (Å²) in [6, 6.07) is 15.7. The molecule has 0 radical (unpaired) electrons. The Balaban J connectivity index is 1.94. The van der Waals surface area contributed by atoms with Crippen molar-refractivity contribution >= 4 is 22.2 Å². The van der Waals surface area contributed by atoms with Crippen LogP contribution in [0.4, 0.5) is 0 Å². The summed E-state index contributed by atoms with van der Waals surface area (Å²) in [5.74, 6) is 0.774. The second-order valence-corrected chi connectivity index (χ2v) is 6.50. The summed E-state index contributed by atoms with van der Waals surface area (Å²) in [5.41, 5.74) is 3.94. The van der Waals surface area contributed by atoms with Gasteiger partial charge < -0.3 is 9.29 Å². The molecule has 0 fully saturated rings. The smallest absolute Gasteiger partial charge is 0.121 e. The van der Waals surface area contributed by atoms with Crippen LogP contribution in [0.2, 0.25) is 0 Å². The number of ether oxygens (including phenoxy) is 1. The Bertz CT molecular complexity index is 881. The van der Waals surface area contributed by atoms with Gasteiger partial charge >= 0.3 is 0 Å². The fourth-order valence-corrected chi connectivity index (χ4v) is 2.86. The second kappa shape index (κ2) is 7.09. The van der Waals surface area contributed by atoms with Crippen molar-refractivity contribution in [1.82, 2.24) is 9.29 Å². The summed E-state index contributed by atoms with van der Waals surface area (Å²) in [6.45, 7) is 0.352. The maximum absolute atomic E-state index is 10.9. The average Bonchev–Trinajstić information content (AvgIpc) is 2.61. The molecule has 1 unspecified atom stereocenters. The summed E-state index contributed by atoms with van der Waals surface area (Å²) in [5, 5.41) is 1.05. The molecule has 0 amide bonds. The van der Waals surface area contributed by atoms with Gasteiger partial charge in [0.2, 0.25) is 0 Å². The number of pyridine rings is 1. The molecule has 0 saturated carbocycles. The third-order valence-electron chi connectivity index (χ3n) is 3.87. The van der Waals surface area contributed by atoms with Crippen LogP contribution in [-0.4, -0.2) is 32.2 Å². The molecule has 5 nitrogen and oxygen atoms in total. The van der Waals surface area contributed by atoms with E-state index in [2.05, 4.69) is 4.98 Å². The quantitative estimate of drug-likeness (QED) is 0.669. The summed E-state index contributed by atoms with van der Waals surface area (Å²) in [4.78, 5) is 4.40. The molecule has 3 rings (SSSR count). The Morgan fingerprint density at radius 1 is 1.17 bits per heavy atom. The van der Waals surface area contributed by atoms with Crippen LogP contribution in [0, 0.1) is 0 Å². The van der Waals surface area contributed by atoms with E-state index in [1.807, 2.05) is 48.5 Å². The fourth-order valence-electron chi connectivity index (χ4n) is 2.61. The largest absolute Gasteiger partial charge is 0.760 e. The van der Waals surface area contributed by atoms with Gasteiger partial charge in [0.25, 0.3) is 0 Å². The number of hydrogen-bond donors (Lipinski definition) is 0. The van der Waals surface area contributed by atoms with E-state index in [-0.39, 0.29) is 0 Å². The highest BCUT2D eigenvalue weighted by Crippen LogP contribution is 2.29. The molecule has 3 aromatic rings. The Labute approximate surface area is 143 Å². The van der Waals surface area contributed by atoms with E-state index in [0.29, 0.717) is 6.54 Å². The van der Waals surface area contributed by atoms with Gasteiger partial charge in [-0.1, -0.05) is 24.3 Å². The highest BCUT2D eigenvalue weighted by Gasteiger charge is 2.07. The van der Waals surface area contributed by atoms with Crippen LogP contribution >= 0.6 is 0 Å². The summed E-state index contributed by atoms with van der Waals surface area (Å²) in [6.07, 6.45) is 1.78. The van der Waals surface area contributed by atoms with E-state index >= 15 is 0 Å². The van der Waals surface area contributed by atoms with E-state index in [4.69, 9.17) is 4.74 Å². The van der Waals surface area contributed by atoms with Gasteiger partial charge in [-0.25, -0.2) is 4.31 Å². The van der Waals surface area contributed by atoms with Gasteiger partial charge in [-0.2, -0.15) is 0 Å². The van der Waals surface area contributed by atoms with Crippen LogP contribution in [0.3, 0.4) is 0 Å². The molecule has 6 heteroatoms. The monoisotopic (exact) mass is 341 g/mol. The Morgan fingerprint density at radius 3 is 2.58 bits per heavy atom. The fraction of sp³-hybridized carbons (Fsp3) is 0.167. The van der Waals surface area contributed by atoms with Crippen molar-refractivity contribution in [2.24, 2.45) is 0 Å². The van der Waals surface area contributed by atoms with Gasteiger partial charge in [-0.05, 0) is 41.9 Å². The Kier molecular flexibility index (Phi) is 4.89. The maximum atomic E-state index is 10.9. The minimum Gasteiger partial charge on any atom is -0.760 e. The molecule has 0 aliphatic heterocycles. The molecule has 0 aliphatic carbocycles. The Hall–Kier alpha value is -2.28. The molecule has 2 aromatic carbocycles. The first-order chi connectivity index (χ1) is 11.6. The standard InChI is InChI=1S/C18H18N2O3S/c1-20(24(21)22)12-13-3-5-14(6-4-13)16-9-10-19-18-11-15(23-2)7-8-17(16)18/h3-11H,12H2,1-2H3,(H,21,22)/p-1. The lowest BCUT2D eigenvalue weighted by Crippen LogP contribution is -2.19. The number of fused-ring (bicyclic) bond motifs is 1. The zero-order valence-corrected chi connectivity index (χ0v) is 14.2. The lowest BCUT2D eigenvalue weighted by atomic mass is 10.00. The minimum absolute atomic E-state index is 0.352. The molecule has 1 heterocycles. The van der Waals surface area contributed by atoms with Crippen molar-refractivity contribution in [3.05, 3.63) is 60.3 Å².